The van der Waals surface area contributed by atoms with Crippen molar-refractivity contribution in [3.63, 3.8) is 0 Å². The molecule has 0 saturated carbocycles. The van der Waals surface area contributed by atoms with Crippen LogP contribution in [0, 0.1) is 11.8 Å². The highest BCUT2D eigenvalue weighted by atomic mass is 31.1. The van der Waals surface area contributed by atoms with Gasteiger partial charge in [0.2, 0.25) is 0 Å². The van der Waals surface area contributed by atoms with Crippen LogP contribution in [0.4, 0.5) is 0 Å². The minimum absolute atomic E-state index is 0.650. The van der Waals surface area contributed by atoms with E-state index in [-0.39, 0.29) is 0 Å². The summed E-state index contributed by atoms with van der Waals surface area (Å²) in [7, 11) is -0.650. The third-order valence-corrected chi connectivity index (χ3v) is 6.79. The van der Waals surface area contributed by atoms with Gasteiger partial charge in [0.1, 0.15) is 0 Å². The van der Waals surface area contributed by atoms with Crippen LogP contribution >= 0.6 is 7.92 Å². The van der Waals surface area contributed by atoms with E-state index in [1.807, 2.05) is 30.3 Å². The highest BCUT2D eigenvalue weighted by Gasteiger charge is 2.18. The van der Waals surface area contributed by atoms with Crippen LogP contribution in [0.5, 0.6) is 0 Å². The predicted octanol–water partition coefficient (Wildman–Crippen LogP) is 4.84. The topological polar surface area (TPSA) is 0 Å². The Labute approximate surface area is 162 Å². The van der Waals surface area contributed by atoms with E-state index in [2.05, 4.69) is 96.8 Å². The maximum Gasteiger partial charge on any atom is 0.0332 e. The van der Waals surface area contributed by atoms with E-state index in [4.69, 9.17) is 0 Å². The van der Waals surface area contributed by atoms with Crippen molar-refractivity contribution in [3.8, 4) is 11.8 Å². The first kappa shape index (κ1) is 17.3. The Morgan fingerprint density at radius 1 is 0.444 bits per heavy atom. The minimum Gasteiger partial charge on any atom is -0.0622 e. The quantitative estimate of drug-likeness (QED) is 0.361. The molecule has 4 aromatic rings. The number of benzene rings is 4. The van der Waals surface area contributed by atoms with Crippen molar-refractivity contribution in [1.82, 2.24) is 0 Å². The van der Waals surface area contributed by atoms with Crippen LogP contribution in [-0.2, 0) is 0 Å². The van der Waals surface area contributed by atoms with E-state index in [0.717, 1.165) is 11.1 Å². The second-order valence-electron chi connectivity index (χ2n) is 6.14. The smallest absolute Gasteiger partial charge is 0.0332 e. The molecule has 0 radical (unpaired) electrons. The molecule has 0 spiro atoms. The molecule has 0 aromatic heterocycles. The molecule has 0 unspecified atom stereocenters. The summed E-state index contributed by atoms with van der Waals surface area (Å²) in [5.41, 5.74) is 2.14. The molecule has 0 aliphatic carbocycles. The lowest BCUT2D eigenvalue weighted by Crippen LogP contribution is -2.22. The van der Waals surface area contributed by atoms with Gasteiger partial charge < -0.3 is 0 Å². The highest BCUT2D eigenvalue weighted by Crippen LogP contribution is 2.33. The van der Waals surface area contributed by atoms with Gasteiger partial charge in [-0.3, -0.25) is 0 Å². The Kier molecular flexibility index (Phi) is 5.44. The molecule has 0 heterocycles. The number of hydrogen-bond donors (Lipinski definition) is 0. The van der Waals surface area contributed by atoms with E-state index >= 15 is 0 Å². The summed E-state index contributed by atoms with van der Waals surface area (Å²) in [4.78, 5) is 0. The summed E-state index contributed by atoms with van der Waals surface area (Å²) in [6, 6.07) is 40.2. The molecule has 4 aromatic carbocycles. The van der Waals surface area contributed by atoms with Gasteiger partial charge in [-0.25, -0.2) is 0 Å². The van der Waals surface area contributed by atoms with Gasteiger partial charge in [0.15, 0.2) is 0 Å². The third-order valence-electron chi connectivity index (χ3n) is 4.29. The Bertz CT molecular complexity index is 1020. The van der Waals surface area contributed by atoms with Crippen LogP contribution in [0.3, 0.4) is 0 Å². The monoisotopic (exact) mass is 362 g/mol. The fourth-order valence-electron chi connectivity index (χ4n) is 3.02. The molecule has 128 valence electrons. The van der Waals surface area contributed by atoms with Crippen molar-refractivity contribution in [2.45, 2.75) is 0 Å². The lowest BCUT2D eigenvalue weighted by Gasteiger charge is -2.20. The lowest BCUT2D eigenvalue weighted by atomic mass is 10.2. The van der Waals surface area contributed by atoms with Crippen molar-refractivity contribution >= 4 is 23.8 Å². The van der Waals surface area contributed by atoms with Crippen LogP contribution < -0.4 is 15.9 Å². The van der Waals surface area contributed by atoms with Crippen molar-refractivity contribution in [2.24, 2.45) is 0 Å². The number of hydrogen-bond acceptors (Lipinski definition) is 0. The molecule has 0 aliphatic rings. The molecular weight excluding hydrogens is 343 g/mol. The molecule has 0 bridgehead atoms. The van der Waals surface area contributed by atoms with Crippen molar-refractivity contribution in [3.05, 3.63) is 126 Å². The van der Waals surface area contributed by atoms with Crippen LogP contribution in [0.25, 0.3) is 0 Å². The maximum atomic E-state index is 3.42. The summed E-state index contributed by atoms with van der Waals surface area (Å²) in [6.07, 6.45) is 0. The van der Waals surface area contributed by atoms with E-state index in [1.54, 1.807) is 0 Å². The molecule has 0 aliphatic heterocycles. The second-order valence-corrected chi connectivity index (χ2v) is 8.33. The first-order valence-electron chi connectivity index (χ1n) is 8.98. The fourth-order valence-corrected chi connectivity index (χ4v) is 5.42. The third kappa shape index (κ3) is 4.17. The molecule has 0 saturated heterocycles. The minimum atomic E-state index is -0.650. The van der Waals surface area contributed by atoms with E-state index in [0.29, 0.717) is 0 Å². The van der Waals surface area contributed by atoms with E-state index in [9.17, 15) is 0 Å². The zero-order chi connectivity index (χ0) is 18.3. The zero-order valence-electron chi connectivity index (χ0n) is 14.9. The lowest BCUT2D eigenvalue weighted by molar-refractivity contribution is 1.64. The molecular formula is C26H19P. The molecule has 27 heavy (non-hydrogen) atoms. The Morgan fingerprint density at radius 2 is 0.926 bits per heavy atom. The fraction of sp³-hybridized carbons (Fsp3) is 0. The summed E-state index contributed by atoms with van der Waals surface area (Å²) >= 11 is 0. The normalized spacial score (nSPS) is 10.3. The molecule has 0 nitrogen and oxygen atoms in total. The van der Waals surface area contributed by atoms with E-state index in [1.165, 1.54) is 15.9 Å². The maximum absolute atomic E-state index is 3.42. The van der Waals surface area contributed by atoms with Crippen LogP contribution in [0.2, 0.25) is 0 Å². The molecule has 0 fully saturated rings. The highest BCUT2D eigenvalue weighted by molar-refractivity contribution is 7.79. The van der Waals surface area contributed by atoms with Crippen molar-refractivity contribution in [2.75, 3.05) is 0 Å². The molecule has 0 amide bonds. The van der Waals surface area contributed by atoms with Gasteiger partial charge in [-0.1, -0.05) is 109 Å². The Hall–Kier alpha value is -3.13. The summed E-state index contributed by atoms with van der Waals surface area (Å²) in [5, 5.41) is 3.98. The second kappa shape index (κ2) is 8.50. The number of rotatable bonds is 3. The first-order valence-corrected chi connectivity index (χ1v) is 10.3. The summed E-state index contributed by atoms with van der Waals surface area (Å²) in [6.45, 7) is 0. The van der Waals surface area contributed by atoms with Gasteiger partial charge in [-0.15, -0.1) is 0 Å². The van der Waals surface area contributed by atoms with Crippen LogP contribution in [-0.4, -0.2) is 0 Å². The molecule has 1 heteroatoms. The SMILES string of the molecule is C(#Cc1ccccc1P(c1ccccc1)c1ccccc1)c1ccccc1. The van der Waals surface area contributed by atoms with Crippen LogP contribution in [0.15, 0.2) is 115 Å². The van der Waals surface area contributed by atoms with Crippen LogP contribution in [0.1, 0.15) is 11.1 Å². The predicted molar refractivity (Wildman–Crippen MR) is 118 cm³/mol. The zero-order valence-corrected chi connectivity index (χ0v) is 15.8. The Balaban J connectivity index is 1.83. The first-order chi connectivity index (χ1) is 13.4. The summed E-state index contributed by atoms with van der Waals surface area (Å²) in [5.74, 6) is 6.74. The van der Waals surface area contributed by atoms with Gasteiger partial charge in [0.05, 0.1) is 0 Å². The van der Waals surface area contributed by atoms with Crippen molar-refractivity contribution in [1.29, 1.82) is 0 Å². The average molecular weight is 362 g/mol. The van der Waals surface area contributed by atoms with Gasteiger partial charge in [-0.2, -0.15) is 0 Å². The van der Waals surface area contributed by atoms with Crippen molar-refractivity contribution < 1.29 is 0 Å². The standard InChI is InChI=1S/C26H19P/c1-4-12-22(13-5-1)20-21-23-14-10-11-19-26(23)27(24-15-6-2-7-16-24)25-17-8-3-9-18-25/h1-19H. The molecule has 4 rings (SSSR count). The van der Waals surface area contributed by atoms with Gasteiger partial charge >= 0.3 is 0 Å². The Morgan fingerprint density at radius 3 is 1.52 bits per heavy atom. The van der Waals surface area contributed by atoms with Gasteiger partial charge in [0, 0.05) is 16.4 Å². The van der Waals surface area contributed by atoms with Gasteiger partial charge in [-0.05, 0) is 36.7 Å². The van der Waals surface area contributed by atoms with E-state index < -0.39 is 7.92 Å². The largest absolute Gasteiger partial charge is 0.0622 e. The van der Waals surface area contributed by atoms with Gasteiger partial charge in [0.25, 0.3) is 0 Å². The average Bonchev–Trinajstić information content (AvgIpc) is 2.76. The molecule has 0 atom stereocenters. The molecule has 0 N–H and O–H groups in total. The summed E-state index contributed by atoms with van der Waals surface area (Å²) < 4.78 is 0.